The van der Waals surface area contributed by atoms with Crippen molar-refractivity contribution < 1.29 is 4.79 Å². The molecule has 0 saturated heterocycles. The Balaban J connectivity index is 1.91. The maximum absolute atomic E-state index is 13.0. The fourth-order valence-corrected chi connectivity index (χ4v) is 3.91. The van der Waals surface area contributed by atoms with Gasteiger partial charge in [-0.15, -0.1) is 0 Å². The number of para-hydroxylation sites is 1. The number of nitrogen functional groups attached to an aromatic ring is 1. The first kappa shape index (κ1) is 23.8. The van der Waals surface area contributed by atoms with Crippen LogP contribution in [0.25, 0.3) is 0 Å². The summed E-state index contributed by atoms with van der Waals surface area (Å²) in [6.45, 7) is 6.41. The molecule has 0 radical (unpaired) electrons. The Bertz CT molecular complexity index is 1210. The first-order chi connectivity index (χ1) is 15.9. The molecule has 2 aromatic carbocycles. The highest BCUT2D eigenvalue weighted by Gasteiger charge is 2.21. The molecule has 1 aromatic heterocycles. The number of carbonyl (C=O) groups is 1. The molecular formula is C25H31N5O3. The van der Waals surface area contributed by atoms with Crippen molar-refractivity contribution in [3.05, 3.63) is 86.1 Å². The summed E-state index contributed by atoms with van der Waals surface area (Å²) in [5, 5.41) is 3.02. The third-order valence-electron chi connectivity index (χ3n) is 5.69. The van der Waals surface area contributed by atoms with Crippen LogP contribution in [-0.4, -0.2) is 28.5 Å². The van der Waals surface area contributed by atoms with Crippen molar-refractivity contribution in [2.75, 3.05) is 29.0 Å². The molecule has 8 nitrogen and oxygen atoms in total. The lowest BCUT2D eigenvalue weighted by molar-refractivity contribution is -0.115. The molecule has 174 valence electrons. The fourth-order valence-electron chi connectivity index (χ4n) is 3.91. The number of nitrogens with one attached hydrogen (secondary N) is 2. The number of hydrogen-bond acceptors (Lipinski definition) is 5. The molecule has 0 fully saturated rings. The van der Waals surface area contributed by atoms with Gasteiger partial charge in [-0.2, -0.15) is 0 Å². The van der Waals surface area contributed by atoms with E-state index in [0.717, 1.165) is 35.2 Å². The number of nitrogens with zero attached hydrogens (tertiary/aromatic N) is 2. The van der Waals surface area contributed by atoms with E-state index in [1.54, 1.807) is 4.90 Å². The van der Waals surface area contributed by atoms with Gasteiger partial charge in [-0.1, -0.05) is 62.4 Å². The molecule has 3 rings (SSSR count). The quantitative estimate of drug-likeness (QED) is 0.465. The number of carbonyl (C=O) groups excluding carboxylic acids is 1. The van der Waals surface area contributed by atoms with Crippen LogP contribution in [0.5, 0.6) is 0 Å². The van der Waals surface area contributed by atoms with Gasteiger partial charge in [0.05, 0.1) is 13.1 Å². The summed E-state index contributed by atoms with van der Waals surface area (Å²) in [5.41, 5.74) is 9.01. The number of rotatable bonds is 9. The summed E-state index contributed by atoms with van der Waals surface area (Å²) in [5.74, 6) is -0.225. The number of H-pyrrole nitrogens is 1. The van der Waals surface area contributed by atoms with Crippen molar-refractivity contribution in [3.63, 3.8) is 0 Å². The zero-order valence-corrected chi connectivity index (χ0v) is 19.4. The molecule has 0 spiro atoms. The van der Waals surface area contributed by atoms with E-state index in [1.165, 1.54) is 4.57 Å². The molecule has 0 saturated carbocycles. The third-order valence-corrected chi connectivity index (χ3v) is 5.69. The standard InChI is InChI=1S/C25H31N5O3/c1-4-18-13-10-14-19(5-2)21(18)27-20(31)16-29(6-3)22-23(26)30(25(33)28-24(22)32)15-17-11-8-7-9-12-17/h7-14H,4-6,15-16,26H2,1-3H3,(H,27,31)(H,28,32,33). The van der Waals surface area contributed by atoms with E-state index in [0.29, 0.717) is 6.54 Å². The Morgan fingerprint density at radius 3 is 2.21 bits per heavy atom. The zero-order valence-electron chi connectivity index (χ0n) is 19.4. The zero-order chi connectivity index (χ0) is 24.0. The maximum Gasteiger partial charge on any atom is 0.330 e. The lowest BCUT2D eigenvalue weighted by Gasteiger charge is -2.25. The van der Waals surface area contributed by atoms with Crippen LogP contribution < -0.4 is 27.2 Å². The lowest BCUT2D eigenvalue weighted by Crippen LogP contribution is -2.41. The molecular weight excluding hydrogens is 418 g/mol. The van der Waals surface area contributed by atoms with Gasteiger partial charge in [-0.05, 0) is 36.5 Å². The minimum absolute atomic E-state index is 0.0328. The highest BCUT2D eigenvalue weighted by Crippen LogP contribution is 2.23. The van der Waals surface area contributed by atoms with Gasteiger partial charge in [0.2, 0.25) is 5.91 Å². The monoisotopic (exact) mass is 449 g/mol. The van der Waals surface area contributed by atoms with Crippen molar-refractivity contribution in [3.8, 4) is 0 Å². The number of hydrogen-bond donors (Lipinski definition) is 3. The van der Waals surface area contributed by atoms with E-state index in [2.05, 4.69) is 10.3 Å². The molecule has 0 bridgehead atoms. The highest BCUT2D eigenvalue weighted by atomic mass is 16.2. The number of anilines is 3. The van der Waals surface area contributed by atoms with Crippen LogP contribution in [0.3, 0.4) is 0 Å². The summed E-state index contributed by atoms with van der Waals surface area (Å²) >= 11 is 0. The Morgan fingerprint density at radius 2 is 1.64 bits per heavy atom. The molecule has 0 atom stereocenters. The van der Waals surface area contributed by atoms with Gasteiger partial charge in [-0.25, -0.2) is 4.79 Å². The molecule has 1 heterocycles. The number of aromatic amines is 1. The largest absolute Gasteiger partial charge is 0.383 e. The van der Waals surface area contributed by atoms with E-state index >= 15 is 0 Å². The summed E-state index contributed by atoms with van der Waals surface area (Å²) in [6, 6.07) is 15.3. The van der Waals surface area contributed by atoms with Crippen LogP contribution in [0.4, 0.5) is 17.2 Å². The molecule has 4 N–H and O–H groups in total. The molecule has 0 aliphatic rings. The average Bonchev–Trinajstić information content (AvgIpc) is 2.81. The maximum atomic E-state index is 13.0. The molecule has 33 heavy (non-hydrogen) atoms. The van der Waals surface area contributed by atoms with E-state index in [1.807, 2.05) is 69.3 Å². The van der Waals surface area contributed by atoms with Gasteiger partial charge in [0.1, 0.15) is 11.5 Å². The van der Waals surface area contributed by atoms with Crippen molar-refractivity contribution in [1.29, 1.82) is 0 Å². The fraction of sp³-hybridized carbons (Fsp3) is 0.320. The van der Waals surface area contributed by atoms with Gasteiger partial charge >= 0.3 is 5.69 Å². The topological polar surface area (TPSA) is 113 Å². The predicted octanol–water partition coefficient (Wildman–Crippen LogP) is 2.76. The van der Waals surface area contributed by atoms with Crippen molar-refractivity contribution in [1.82, 2.24) is 9.55 Å². The number of amides is 1. The third kappa shape index (κ3) is 5.34. The van der Waals surface area contributed by atoms with Crippen LogP contribution in [0.2, 0.25) is 0 Å². The number of likely N-dealkylation sites (N-methyl/N-ethyl adjacent to an activating group) is 1. The molecule has 0 aliphatic heterocycles. The molecule has 3 aromatic rings. The number of benzene rings is 2. The Labute approximate surface area is 193 Å². The van der Waals surface area contributed by atoms with E-state index < -0.39 is 11.2 Å². The van der Waals surface area contributed by atoms with Crippen molar-refractivity contribution >= 4 is 23.1 Å². The van der Waals surface area contributed by atoms with Gasteiger partial charge in [0, 0.05) is 12.2 Å². The minimum Gasteiger partial charge on any atom is -0.383 e. The van der Waals surface area contributed by atoms with Crippen LogP contribution in [0.15, 0.2) is 58.1 Å². The van der Waals surface area contributed by atoms with E-state index in [9.17, 15) is 14.4 Å². The second-order valence-corrected chi connectivity index (χ2v) is 7.79. The van der Waals surface area contributed by atoms with E-state index in [4.69, 9.17) is 5.73 Å². The number of aryl methyl sites for hydroxylation is 2. The predicted molar refractivity (Wildman–Crippen MR) is 133 cm³/mol. The summed E-state index contributed by atoms with van der Waals surface area (Å²) in [4.78, 5) is 42.1. The summed E-state index contributed by atoms with van der Waals surface area (Å²) in [6.07, 6.45) is 1.58. The van der Waals surface area contributed by atoms with Gasteiger partial charge in [0.15, 0.2) is 0 Å². The van der Waals surface area contributed by atoms with Crippen molar-refractivity contribution in [2.45, 2.75) is 40.2 Å². The summed E-state index contributed by atoms with van der Waals surface area (Å²) < 4.78 is 1.31. The molecule has 1 amide bonds. The number of aromatic nitrogens is 2. The minimum atomic E-state index is -0.611. The highest BCUT2D eigenvalue weighted by molar-refractivity contribution is 5.95. The van der Waals surface area contributed by atoms with Crippen molar-refractivity contribution in [2.24, 2.45) is 0 Å². The van der Waals surface area contributed by atoms with Crippen LogP contribution in [0.1, 0.15) is 37.5 Å². The smallest absolute Gasteiger partial charge is 0.330 e. The first-order valence-electron chi connectivity index (χ1n) is 11.2. The Hall–Kier alpha value is -3.81. The second-order valence-electron chi connectivity index (χ2n) is 7.79. The Kier molecular flexibility index (Phi) is 7.71. The van der Waals surface area contributed by atoms with Crippen LogP contribution in [0, 0.1) is 0 Å². The summed E-state index contributed by atoms with van der Waals surface area (Å²) in [7, 11) is 0. The Morgan fingerprint density at radius 1 is 1.00 bits per heavy atom. The van der Waals surface area contributed by atoms with Gasteiger partial charge in [-0.3, -0.25) is 19.1 Å². The van der Waals surface area contributed by atoms with Gasteiger partial charge in [0.25, 0.3) is 5.56 Å². The average molecular weight is 450 g/mol. The molecule has 0 unspecified atom stereocenters. The van der Waals surface area contributed by atoms with Crippen LogP contribution in [-0.2, 0) is 24.2 Å². The second kappa shape index (κ2) is 10.7. The first-order valence-corrected chi connectivity index (χ1v) is 11.2. The van der Waals surface area contributed by atoms with Gasteiger partial charge < -0.3 is 16.0 Å². The molecule has 8 heteroatoms. The normalized spacial score (nSPS) is 10.8. The van der Waals surface area contributed by atoms with E-state index in [-0.39, 0.29) is 30.5 Å². The SMILES string of the molecule is CCc1cccc(CC)c1NC(=O)CN(CC)c1c(N)n(Cc2ccccc2)c(=O)[nH]c1=O. The van der Waals surface area contributed by atoms with Crippen LogP contribution >= 0.6 is 0 Å². The molecule has 0 aliphatic carbocycles. The number of nitrogens with two attached hydrogens (primary N) is 1. The lowest BCUT2D eigenvalue weighted by atomic mass is 10.0.